The monoisotopic (exact) mass is 442 g/mol. The first-order valence-corrected chi connectivity index (χ1v) is 11.9. The fourth-order valence-corrected chi connectivity index (χ4v) is 5.16. The maximum absolute atomic E-state index is 13.6. The average molecular weight is 443 g/mol. The highest BCUT2D eigenvalue weighted by Crippen LogP contribution is 2.30. The molecule has 162 valence electrons. The fourth-order valence-electron chi connectivity index (χ4n) is 4.29. The summed E-state index contributed by atoms with van der Waals surface area (Å²) < 4.78 is 1.93. The Labute approximate surface area is 192 Å². The van der Waals surface area contributed by atoms with Crippen LogP contribution in [0.5, 0.6) is 0 Å². The van der Waals surface area contributed by atoms with E-state index in [9.17, 15) is 4.79 Å². The van der Waals surface area contributed by atoms with Gasteiger partial charge < -0.3 is 10.2 Å². The number of amides is 1. The van der Waals surface area contributed by atoms with Gasteiger partial charge in [0.25, 0.3) is 5.91 Å². The molecule has 32 heavy (non-hydrogen) atoms. The van der Waals surface area contributed by atoms with Crippen LogP contribution >= 0.6 is 11.3 Å². The molecule has 1 fully saturated rings. The first-order chi connectivity index (χ1) is 15.8. The van der Waals surface area contributed by atoms with E-state index in [0.29, 0.717) is 6.54 Å². The van der Waals surface area contributed by atoms with Gasteiger partial charge in [-0.2, -0.15) is 5.10 Å². The predicted molar refractivity (Wildman–Crippen MR) is 129 cm³/mol. The molecular formula is C26H26N4OS. The lowest BCUT2D eigenvalue weighted by Gasteiger charge is -2.36. The summed E-state index contributed by atoms with van der Waals surface area (Å²) in [5.41, 5.74) is 4.41. The fraction of sp³-hybridized carbons (Fsp3) is 0.231. The zero-order valence-electron chi connectivity index (χ0n) is 17.9. The van der Waals surface area contributed by atoms with Crippen LogP contribution in [0.2, 0.25) is 0 Å². The summed E-state index contributed by atoms with van der Waals surface area (Å²) in [5.74, 6) is 0.119. The molecule has 0 aliphatic carbocycles. The second kappa shape index (κ2) is 9.51. The molecule has 0 saturated carbocycles. The van der Waals surface area contributed by atoms with E-state index in [0.717, 1.165) is 42.1 Å². The third-order valence-electron chi connectivity index (χ3n) is 5.92. The van der Waals surface area contributed by atoms with Crippen molar-refractivity contribution in [3.8, 4) is 11.1 Å². The molecule has 1 amide bonds. The SMILES string of the molecule is O=C(c1sccc1-c1cnn(Cc2ccccc2)c1)N1CCNC[C@H]1Cc1ccccc1. The average Bonchev–Trinajstić information content (AvgIpc) is 3.50. The minimum absolute atomic E-state index is 0.119. The molecule has 5 nitrogen and oxygen atoms in total. The van der Waals surface area contributed by atoms with Crippen molar-refractivity contribution in [2.75, 3.05) is 19.6 Å². The van der Waals surface area contributed by atoms with E-state index in [2.05, 4.69) is 46.8 Å². The molecule has 0 unspecified atom stereocenters. The number of nitrogens with zero attached hydrogens (tertiary/aromatic N) is 3. The highest BCUT2D eigenvalue weighted by Gasteiger charge is 2.30. The summed E-state index contributed by atoms with van der Waals surface area (Å²) in [6.45, 7) is 3.08. The standard InChI is InChI=1S/C26H26N4OS/c31-26(30-13-12-27-17-23(30)15-20-7-3-1-4-8-20)25-24(11-14-32-25)22-16-28-29(19-22)18-21-9-5-2-6-10-21/h1-11,14,16,19,23,27H,12-13,15,17-18H2/t23-/m1/s1. The van der Waals surface area contributed by atoms with E-state index in [1.165, 1.54) is 22.5 Å². The molecular weight excluding hydrogens is 416 g/mol. The Morgan fingerprint density at radius 2 is 1.78 bits per heavy atom. The van der Waals surface area contributed by atoms with Crippen molar-refractivity contribution in [1.82, 2.24) is 20.0 Å². The maximum Gasteiger partial charge on any atom is 0.264 e. The second-order valence-corrected chi connectivity index (χ2v) is 9.04. The minimum Gasteiger partial charge on any atom is -0.332 e. The largest absolute Gasteiger partial charge is 0.332 e. The Morgan fingerprint density at radius 3 is 2.56 bits per heavy atom. The quantitative estimate of drug-likeness (QED) is 0.484. The van der Waals surface area contributed by atoms with Gasteiger partial charge in [0, 0.05) is 43.0 Å². The van der Waals surface area contributed by atoms with Crippen molar-refractivity contribution in [2.45, 2.75) is 19.0 Å². The molecule has 6 heteroatoms. The Bertz CT molecular complexity index is 1170. The molecule has 1 saturated heterocycles. The molecule has 1 atom stereocenters. The van der Waals surface area contributed by atoms with E-state index < -0.39 is 0 Å². The van der Waals surface area contributed by atoms with E-state index in [4.69, 9.17) is 0 Å². The van der Waals surface area contributed by atoms with E-state index >= 15 is 0 Å². The lowest BCUT2D eigenvalue weighted by atomic mass is 10.0. The molecule has 0 radical (unpaired) electrons. The first kappa shape index (κ1) is 20.7. The van der Waals surface area contributed by atoms with Gasteiger partial charge in [0.05, 0.1) is 17.6 Å². The van der Waals surface area contributed by atoms with Gasteiger partial charge in [-0.05, 0) is 29.0 Å². The molecule has 4 aromatic rings. The Balaban J connectivity index is 1.36. The van der Waals surface area contributed by atoms with Crippen LogP contribution in [0.4, 0.5) is 0 Å². The van der Waals surface area contributed by atoms with Gasteiger partial charge in [-0.25, -0.2) is 0 Å². The topological polar surface area (TPSA) is 50.2 Å². The van der Waals surface area contributed by atoms with Crippen molar-refractivity contribution in [2.24, 2.45) is 0 Å². The van der Waals surface area contributed by atoms with Crippen LogP contribution in [-0.2, 0) is 13.0 Å². The number of carbonyl (C=O) groups excluding carboxylic acids is 1. The number of piperazine rings is 1. The van der Waals surface area contributed by atoms with Crippen LogP contribution in [0, 0.1) is 0 Å². The van der Waals surface area contributed by atoms with Crippen LogP contribution in [0.3, 0.4) is 0 Å². The number of thiophene rings is 1. The van der Waals surface area contributed by atoms with Crippen molar-refractivity contribution in [3.05, 3.63) is 101 Å². The van der Waals surface area contributed by atoms with Crippen LogP contribution in [0.1, 0.15) is 20.8 Å². The van der Waals surface area contributed by atoms with Gasteiger partial charge in [0.15, 0.2) is 0 Å². The lowest BCUT2D eigenvalue weighted by Crippen LogP contribution is -2.54. The van der Waals surface area contributed by atoms with Gasteiger partial charge in [-0.15, -0.1) is 11.3 Å². The molecule has 1 aliphatic rings. The summed E-state index contributed by atoms with van der Waals surface area (Å²) in [4.78, 5) is 16.5. The molecule has 2 aromatic carbocycles. The maximum atomic E-state index is 13.6. The van der Waals surface area contributed by atoms with E-state index in [1.54, 1.807) is 0 Å². The van der Waals surface area contributed by atoms with Gasteiger partial charge in [-0.3, -0.25) is 9.48 Å². The van der Waals surface area contributed by atoms with Crippen molar-refractivity contribution in [1.29, 1.82) is 0 Å². The van der Waals surface area contributed by atoms with E-state index in [-0.39, 0.29) is 11.9 Å². The number of hydrogen-bond acceptors (Lipinski definition) is 4. The van der Waals surface area contributed by atoms with E-state index in [1.807, 2.05) is 57.7 Å². The molecule has 2 aromatic heterocycles. The second-order valence-electron chi connectivity index (χ2n) is 8.12. The van der Waals surface area contributed by atoms with Gasteiger partial charge >= 0.3 is 0 Å². The highest BCUT2D eigenvalue weighted by molar-refractivity contribution is 7.12. The summed E-state index contributed by atoms with van der Waals surface area (Å²) in [6, 6.07) is 22.9. The lowest BCUT2D eigenvalue weighted by molar-refractivity contribution is 0.0642. The van der Waals surface area contributed by atoms with Crippen LogP contribution in [0.15, 0.2) is 84.5 Å². The first-order valence-electron chi connectivity index (χ1n) is 11.0. The number of aromatic nitrogens is 2. The highest BCUT2D eigenvalue weighted by atomic mass is 32.1. The van der Waals surface area contributed by atoms with Gasteiger partial charge in [0.2, 0.25) is 0 Å². The van der Waals surface area contributed by atoms with Gasteiger partial charge in [-0.1, -0.05) is 60.7 Å². The Morgan fingerprint density at radius 1 is 1.03 bits per heavy atom. The van der Waals surface area contributed by atoms with Crippen LogP contribution in [-0.4, -0.2) is 46.3 Å². The Hall–Kier alpha value is -3.22. The van der Waals surface area contributed by atoms with Crippen molar-refractivity contribution < 1.29 is 4.79 Å². The third-order valence-corrected chi connectivity index (χ3v) is 6.82. The van der Waals surface area contributed by atoms with Crippen LogP contribution < -0.4 is 5.32 Å². The number of hydrogen-bond donors (Lipinski definition) is 1. The molecule has 0 spiro atoms. The molecule has 0 bridgehead atoms. The third kappa shape index (κ3) is 4.52. The van der Waals surface area contributed by atoms with Crippen LogP contribution in [0.25, 0.3) is 11.1 Å². The number of nitrogens with one attached hydrogen (secondary N) is 1. The predicted octanol–water partition coefficient (Wildman–Crippen LogP) is 4.32. The molecule has 1 aliphatic heterocycles. The summed E-state index contributed by atoms with van der Waals surface area (Å²) in [7, 11) is 0. The van der Waals surface area contributed by atoms with Crippen molar-refractivity contribution in [3.63, 3.8) is 0 Å². The number of benzene rings is 2. The molecule has 3 heterocycles. The zero-order valence-corrected chi connectivity index (χ0v) is 18.7. The summed E-state index contributed by atoms with van der Waals surface area (Å²) >= 11 is 1.52. The summed E-state index contributed by atoms with van der Waals surface area (Å²) in [5, 5.41) is 10.00. The van der Waals surface area contributed by atoms with Gasteiger partial charge in [0.1, 0.15) is 0 Å². The minimum atomic E-state index is 0.119. The number of rotatable bonds is 6. The Kier molecular flexibility index (Phi) is 6.14. The number of carbonyl (C=O) groups is 1. The zero-order chi connectivity index (χ0) is 21.8. The summed E-state index contributed by atoms with van der Waals surface area (Å²) in [6.07, 6.45) is 4.75. The smallest absolute Gasteiger partial charge is 0.264 e. The van der Waals surface area contributed by atoms with Crippen molar-refractivity contribution >= 4 is 17.2 Å². The molecule has 1 N–H and O–H groups in total. The normalized spacial score (nSPS) is 16.2. The molecule has 5 rings (SSSR count).